The van der Waals surface area contributed by atoms with Crippen LogP contribution in [0, 0.1) is 0 Å². The first-order valence-corrected chi connectivity index (χ1v) is 8.61. The second-order valence-corrected chi connectivity index (χ2v) is 7.75. The molecule has 0 spiro atoms. The van der Waals surface area contributed by atoms with Crippen molar-refractivity contribution in [3.63, 3.8) is 0 Å². The summed E-state index contributed by atoms with van der Waals surface area (Å²) in [7, 11) is -3.51. The molecule has 0 bridgehead atoms. The van der Waals surface area contributed by atoms with Gasteiger partial charge in [0.15, 0.2) is 0 Å². The molecule has 2 rings (SSSR count). The fraction of sp³-hybridized carbons (Fsp3) is 1.00. The summed E-state index contributed by atoms with van der Waals surface area (Å²) in [6.07, 6.45) is 0.347. The summed E-state index contributed by atoms with van der Waals surface area (Å²) in [5.41, 5.74) is 0. The minimum absolute atomic E-state index is 0.0262. The smallest absolute Gasteiger partial charge is 0.294 e. The van der Waals surface area contributed by atoms with E-state index < -0.39 is 28.0 Å². The number of hydrogen-bond acceptors (Lipinski definition) is 3. The van der Waals surface area contributed by atoms with Crippen LogP contribution >= 0.6 is 0 Å². The van der Waals surface area contributed by atoms with Crippen LogP contribution in [-0.2, 0) is 10.0 Å². The molecular weight excluding hydrogens is 293 g/mol. The van der Waals surface area contributed by atoms with Crippen molar-refractivity contribution in [2.24, 2.45) is 0 Å². The van der Waals surface area contributed by atoms with Crippen molar-refractivity contribution in [1.29, 1.82) is 0 Å². The number of hydrogen-bond donors (Lipinski definition) is 1. The molecule has 1 atom stereocenters. The molecule has 4 nitrogen and oxygen atoms in total. The van der Waals surface area contributed by atoms with Crippen molar-refractivity contribution in [3.8, 4) is 0 Å². The third-order valence-electron chi connectivity index (χ3n) is 3.99. The summed E-state index contributed by atoms with van der Waals surface area (Å²) in [5.74, 6) is 0. The summed E-state index contributed by atoms with van der Waals surface area (Å²) >= 11 is 0. The van der Waals surface area contributed by atoms with Crippen LogP contribution in [0.25, 0.3) is 0 Å². The molecule has 118 valence electrons. The van der Waals surface area contributed by atoms with Gasteiger partial charge < -0.3 is 0 Å². The molecule has 8 heteroatoms. The Bertz CT molecular complexity index is 419. The third-order valence-corrected chi connectivity index (χ3v) is 5.91. The van der Waals surface area contributed by atoms with Crippen LogP contribution in [0.15, 0.2) is 0 Å². The SMILES string of the molecule is O=S(=O)(NC1CCCC1)[C@@H]1CCCN(CC(F)(F)F)C1. The van der Waals surface area contributed by atoms with Crippen LogP contribution in [0.1, 0.15) is 38.5 Å². The zero-order valence-electron chi connectivity index (χ0n) is 11.3. The predicted octanol–water partition coefficient (Wildman–Crippen LogP) is 1.88. The molecule has 0 unspecified atom stereocenters. The summed E-state index contributed by atoms with van der Waals surface area (Å²) in [6.45, 7) is -0.737. The maximum atomic E-state index is 12.4. The molecule has 20 heavy (non-hydrogen) atoms. The van der Waals surface area contributed by atoms with Crippen LogP contribution in [0.3, 0.4) is 0 Å². The summed E-state index contributed by atoms with van der Waals surface area (Å²) < 4.78 is 64.3. The van der Waals surface area contributed by atoms with E-state index in [1.807, 2.05) is 0 Å². The van der Waals surface area contributed by atoms with Gasteiger partial charge in [-0.1, -0.05) is 12.8 Å². The molecule has 1 aliphatic heterocycles. The van der Waals surface area contributed by atoms with Crippen molar-refractivity contribution in [1.82, 2.24) is 9.62 Å². The quantitative estimate of drug-likeness (QED) is 0.862. The number of piperidine rings is 1. The molecule has 1 heterocycles. The van der Waals surface area contributed by atoms with Gasteiger partial charge in [0.2, 0.25) is 10.0 Å². The highest BCUT2D eigenvalue weighted by atomic mass is 32.2. The maximum Gasteiger partial charge on any atom is 0.401 e. The van der Waals surface area contributed by atoms with E-state index in [9.17, 15) is 21.6 Å². The van der Waals surface area contributed by atoms with Gasteiger partial charge in [-0.2, -0.15) is 13.2 Å². The number of sulfonamides is 1. The van der Waals surface area contributed by atoms with E-state index in [4.69, 9.17) is 0 Å². The maximum absolute atomic E-state index is 12.4. The molecule has 1 N–H and O–H groups in total. The lowest BCUT2D eigenvalue weighted by Gasteiger charge is -2.33. The number of nitrogens with one attached hydrogen (secondary N) is 1. The fourth-order valence-electron chi connectivity index (χ4n) is 3.04. The Hall–Kier alpha value is -0.340. The van der Waals surface area contributed by atoms with Crippen LogP contribution in [0.5, 0.6) is 0 Å². The van der Waals surface area contributed by atoms with Gasteiger partial charge in [-0.25, -0.2) is 13.1 Å². The lowest BCUT2D eigenvalue weighted by Crippen LogP contribution is -2.50. The average Bonchev–Trinajstić information content (AvgIpc) is 2.79. The first kappa shape index (κ1) is 16.0. The second kappa shape index (κ2) is 6.19. The summed E-state index contributed by atoms with van der Waals surface area (Å²) in [4.78, 5) is 1.20. The van der Waals surface area contributed by atoms with E-state index in [0.29, 0.717) is 19.4 Å². The van der Waals surface area contributed by atoms with Gasteiger partial charge in [-0.15, -0.1) is 0 Å². The Morgan fingerprint density at radius 2 is 1.75 bits per heavy atom. The molecule has 2 fully saturated rings. The first-order chi connectivity index (χ1) is 9.26. The number of nitrogens with zero attached hydrogens (tertiary/aromatic N) is 1. The molecule has 0 radical (unpaired) electrons. The highest BCUT2D eigenvalue weighted by Crippen LogP contribution is 2.24. The van der Waals surface area contributed by atoms with Crippen LogP contribution in [0.2, 0.25) is 0 Å². The minimum Gasteiger partial charge on any atom is -0.294 e. The van der Waals surface area contributed by atoms with E-state index in [1.54, 1.807) is 0 Å². The van der Waals surface area contributed by atoms with E-state index in [-0.39, 0.29) is 12.6 Å². The van der Waals surface area contributed by atoms with Gasteiger partial charge in [0.25, 0.3) is 0 Å². The second-order valence-electron chi connectivity index (χ2n) is 5.76. The molecule has 1 saturated heterocycles. The fourth-order valence-corrected chi connectivity index (χ4v) is 4.81. The molecule has 1 saturated carbocycles. The van der Waals surface area contributed by atoms with Gasteiger partial charge in [0, 0.05) is 12.6 Å². The standard InChI is InChI=1S/C12H21F3N2O2S/c13-12(14,15)9-17-7-3-6-11(8-17)20(18,19)16-10-4-1-2-5-10/h10-11,16H,1-9H2/t11-/m1/s1. The van der Waals surface area contributed by atoms with Crippen LogP contribution in [-0.4, -0.2) is 50.4 Å². The van der Waals surface area contributed by atoms with Gasteiger partial charge >= 0.3 is 6.18 Å². The van der Waals surface area contributed by atoms with Gasteiger partial charge in [0.05, 0.1) is 11.8 Å². The Labute approximate surface area is 117 Å². The Balaban J connectivity index is 1.93. The minimum atomic E-state index is -4.27. The van der Waals surface area contributed by atoms with Gasteiger partial charge in [-0.05, 0) is 32.2 Å². The molecule has 2 aliphatic rings. The molecular formula is C12H21F3N2O2S. The average molecular weight is 314 g/mol. The highest BCUT2D eigenvalue weighted by Gasteiger charge is 2.37. The van der Waals surface area contributed by atoms with Gasteiger partial charge in [0.1, 0.15) is 0 Å². The van der Waals surface area contributed by atoms with Crippen LogP contribution < -0.4 is 4.72 Å². The molecule has 0 aromatic heterocycles. The lowest BCUT2D eigenvalue weighted by molar-refractivity contribution is -0.147. The zero-order valence-corrected chi connectivity index (χ0v) is 12.1. The lowest BCUT2D eigenvalue weighted by atomic mass is 10.1. The first-order valence-electron chi connectivity index (χ1n) is 7.06. The number of likely N-dealkylation sites (tertiary alicyclic amines) is 1. The summed E-state index contributed by atoms with van der Waals surface area (Å²) in [5, 5.41) is -0.723. The normalized spacial score (nSPS) is 27.1. The van der Waals surface area contributed by atoms with Crippen molar-refractivity contribution in [2.45, 2.75) is 56.0 Å². The van der Waals surface area contributed by atoms with E-state index in [2.05, 4.69) is 4.72 Å². The van der Waals surface area contributed by atoms with Crippen molar-refractivity contribution in [3.05, 3.63) is 0 Å². The molecule has 0 aromatic carbocycles. The highest BCUT2D eigenvalue weighted by molar-refractivity contribution is 7.90. The summed E-state index contributed by atoms with van der Waals surface area (Å²) in [6, 6.07) is -0.0296. The Morgan fingerprint density at radius 3 is 2.35 bits per heavy atom. The molecule has 0 aromatic rings. The van der Waals surface area contributed by atoms with Crippen molar-refractivity contribution >= 4 is 10.0 Å². The van der Waals surface area contributed by atoms with E-state index >= 15 is 0 Å². The largest absolute Gasteiger partial charge is 0.401 e. The number of halogens is 3. The topological polar surface area (TPSA) is 49.4 Å². The molecule has 0 amide bonds. The van der Waals surface area contributed by atoms with E-state index in [1.165, 1.54) is 4.90 Å². The van der Waals surface area contributed by atoms with E-state index in [0.717, 1.165) is 25.7 Å². The Morgan fingerprint density at radius 1 is 1.10 bits per heavy atom. The monoisotopic (exact) mass is 314 g/mol. The van der Waals surface area contributed by atoms with Crippen LogP contribution in [0.4, 0.5) is 13.2 Å². The predicted molar refractivity (Wildman–Crippen MR) is 69.8 cm³/mol. The van der Waals surface area contributed by atoms with Crippen molar-refractivity contribution < 1.29 is 21.6 Å². The van der Waals surface area contributed by atoms with Gasteiger partial charge in [-0.3, -0.25) is 4.90 Å². The number of alkyl halides is 3. The molecule has 1 aliphatic carbocycles. The zero-order chi connectivity index (χ0) is 14.8. The third kappa shape index (κ3) is 4.60. The van der Waals surface area contributed by atoms with Crippen molar-refractivity contribution in [2.75, 3.05) is 19.6 Å². The Kier molecular flexibility index (Phi) is 4.96. The number of rotatable bonds is 4.